The van der Waals surface area contributed by atoms with Gasteiger partial charge in [0.05, 0.1) is 23.8 Å². The van der Waals surface area contributed by atoms with E-state index in [1.807, 2.05) is 44.2 Å². The highest BCUT2D eigenvalue weighted by Crippen LogP contribution is 2.14. The Bertz CT molecular complexity index is 741. The van der Waals surface area contributed by atoms with E-state index in [0.717, 1.165) is 24.9 Å². The summed E-state index contributed by atoms with van der Waals surface area (Å²) in [6.45, 7) is 6.46. The minimum Gasteiger partial charge on any atom is -0.478 e. The molecule has 2 rings (SSSR count). The third-order valence-corrected chi connectivity index (χ3v) is 3.63. The van der Waals surface area contributed by atoms with Crippen molar-refractivity contribution in [3.8, 4) is 11.6 Å². The van der Waals surface area contributed by atoms with Crippen LogP contribution in [0, 0.1) is 0 Å². The molecule has 0 bridgehead atoms. The minimum atomic E-state index is -0.617. The van der Waals surface area contributed by atoms with Crippen molar-refractivity contribution in [1.82, 2.24) is 9.78 Å². The second-order valence-corrected chi connectivity index (χ2v) is 5.72. The molecule has 0 spiro atoms. The van der Waals surface area contributed by atoms with Crippen LogP contribution in [0.3, 0.4) is 0 Å². The molecule has 0 aliphatic heterocycles. The molecule has 0 aliphatic carbocycles. The lowest BCUT2D eigenvalue weighted by molar-refractivity contribution is 0.114. The molecule has 1 unspecified atom stereocenters. The van der Waals surface area contributed by atoms with Gasteiger partial charge in [0.1, 0.15) is 6.10 Å². The highest BCUT2D eigenvalue weighted by atomic mass is 16.6. The Balaban J connectivity index is 2.31. The summed E-state index contributed by atoms with van der Waals surface area (Å²) in [5.74, 6) is 0.539. The lowest BCUT2D eigenvalue weighted by atomic mass is 10.3. The van der Waals surface area contributed by atoms with E-state index in [0.29, 0.717) is 17.8 Å². The van der Waals surface area contributed by atoms with E-state index < -0.39 is 6.09 Å². The zero-order valence-electron chi connectivity index (χ0n) is 15.0. The number of rotatable bonds is 7. The largest absolute Gasteiger partial charge is 0.478 e. The van der Waals surface area contributed by atoms with Crippen molar-refractivity contribution >= 4 is 6.09 Å². The van der Waals surface area contributed by atoms with Gasteiger partial charge in [0.15, 0.2) is 0 Å². The van der Waals surface area contributed by atoms with Crippen molar-refractivity contribution in [2.24, 2.45) is 4.99 Å². The molecule has 0 N–H and O–H groups in total. The Kier molecular flexibility index (Phi) is 7.19. The lowest BCUT2D eigenvalue weighted by Crippen LogP contribution is -2.17. The molecular weight excluding hydrogens is 318 g/mol. The first-order valence-corrected chi connectivity index (χ1v) is 8.67. The minimum absolute atomic E-state index is 0.164. The zero-order valence-corrected chi connectivity index (χ0v) is 15.0. The fourth-order valence-corrected chi connectivity index (χ4v) is 2.03. The molecule has 1 heterocycles. The summed E-state index contributed by atoms with van der Waals surface area (Å²) in [7, 11) is 0. The van der Waals surface area contributed by atoms with Gasteiger partial charge in [-0.05, 0) is 31.9 Å². The van der Waals surface area contributed by atoms with E-state index in [-0.39, 0.29) is 6.10 Å². The first kappa shape index (κ1) is 18.7. The second kappa shape index (κ2) is 9.61. The van der Waals surface area contributed by atoms with Crippen molar-refractivity contribution < 1.29 is 14.3 Å². The number of hydrogen-bond donors (Lipinski definition) is 0. The average molecular weight is 343 g/mol. The maximum absolute atomic E-state index is 11.8. The number of para-hydroxylation sites is 1. The van der Waals surface area contributed by atoms with Crippen LogP contribution in [0.25, 0.3) is 5.69 Å². The first-order chi connectivity index (χ1) is 12.1. The normalized spacial score (nSPS) is 12.7. The van der Waals surface area contributed by atoms with Gasteiger partial charge in [-0.15, -0.1) is 0 Å². The molecule has 0 fully saturated rings. The van der Waals surface area contributed by atoms with Crippen LogP contribution < -0.4 is 10.1 Å². The molecule has 1 aromatic heterocycles. The topological polar surface area (TPSA) is 65.7 Å². The molecule has 2 aromatic rings. The molecule has 1 atom stereocenters. The third kappa shape index (κ3) is 5.74. The van der Waals surface area contributed by atoms with Crippen LogP contribution >= 0.6 is 0 Å². The van der Waals surface area contributed by atoms with Crippen LogP contribution in [-0.4, -0.2) is 28.6 Å². The van der Waals surface area contributed by atoms with E-state index in [2.05, 4.69) is 17.0 Å². The highest BCUT2D eigenvalue weighted by molar-refractivity contribution is 5.68. The number of ether oxygens (including phenoxy) is 2. The fourth-order valence-electron chi connectivity index (χ4n) is 2.03. The van der Waals surface area contributed by atoms with Gasteiger partial charge in [0, 0.05) is 6.07 Å². The number of amides is 1. The molecule has 6 heteroatoms. The van der Waals surface area contributed by atoms with Crippen LogP contribution in [0.1, 0.15) is 40.0 Å². The van der Waals surface area contributed by atoms with Gasteiger partial charge in [0.2, 0.25) is 5.88 Å². The second-order valence-electron chi connectivity index (χ2n) is 5.72. The van der Waals surface area contributed by atoms with Crippen molar-refractivity contribution in [3.63, 3.8) is 0 Å². The van der Waals surface area contributed by atoms with Crippen LogP contribution in [0.5, 0.6) is 5.88 Å². The van der Waals surface area contributed by atoms with Gasteiger partial charge in [-0.1, -0.05) is 38.5 Å². The summed E-state index contributed by atoms with van der Waals surface area (Å²) in [5.41, 5.74) is 0.878. The summed E-state index contributed by atoms with van der Waals surface area (Å²) in [6, 6.07) is 11.4. The number of aromatic nitrogens is 2. The zero-order chi connectivity index (χ0) is 18.1. The van der Waals surface area contributed by atoms with Gasteiger partial charge in [-0.3, -0.25) is 0 Å². The summed E-state index contributed by atoms with van der Waals surface area (Å²) in [6.07, 6.45) is 3.46. The molecule has 0 radical (unpaired) electrons. The number of benzene rings is 1. The molecule has 134 valence electrons. The quantitative estimate of drug-likeness (QED) is 0.716. The number of carbonyl (C=O) groups is 1. The van der Waals surface area contributed by atoms with Gasteiger partial charge >= 0.3 is 6.09 Å². The standard InChI is InChI=1S/C19H25N3O3/c1-4-6-12-24-18-13-16(21-19(23)25-15(3)5-2)14-20-22(18)17-10-8-7-9-11-17/h7-11,13-15H,4-6,12H2,1-3H3/b21-16+. The van der Waals surface area contributed by atoms with E-state index >= 15 is 0 Å². The molecular formula is C19H25N3O3. The van der Waals surface area contributed by atoms with Gasteiger partial charge in [-0.25, -0.2) is 9.48 Å². The van der Waals surface area contributed by atoms with E-state index in [9.17, 15) is 4.79 Å². The maximum atomic E-state index is 11.8. The van der Waals surface area contributed by atoms with Gasteiger partial charge < -0.3 is 9.47 Å². The molecule has 0 aliphatic rings. The number of hydrogen-bond acceptors (Lipinski definition) is 4. The van der Waals surface area contributed by atoms with Crippen molar-refractivity contribution in [3.05, 3.63) is 48.0 Å². The average Bonchev–Trinajstić information content (AvgIpc) is 2.62. The summed E-state index contributed by atoms with van der Waals surface area (Å²) in [5, 5.41) is 4.78. The highest BCUT2D eigenvalue weighted by Gasteiger charge is 2.08. The predicted molar refractivity (Wildman–Crippen MR) is 95.8 cm³/mol. The van der Waals surface area contributed by atoms with Crippen LogP contribution in [0.2, 0.25) is 0 Å². The van der Waals surface area contributed by atoms with Crippen molar-refractivity contribution in [2.45, 2.75) is 46.1 Å². The number of carbonyl (C=O) groups excluding carboxylic acids is 1. The predicted octanol–water partition coefficient (Wildman–Crippen LogP) is 3.89. The monoisotopic (exact) mass is 343 g/mol. The summed E-state index contributed by atoms with van der Waals surface area (Å²) in [4.78, 5) is 15.8. The lowest BCUT2D eigenvalue weighted by Gasteiger charge is -2.13. The summed E-state index contributed by atoms with van der Waals surface area (Å²) >= 11 is 0. The van der Waals surface area contributed by atoms with Crippen molar-refractivity contribution in [2.75, 3.05) is 6.61 Å². The molecule has 0 saturated heterocycles. The van der Waals surface area contributed by atoms with Gasteiger partial charge in [-0.2, -0.15) is 10.1 Å². The van der Waals surface area contributed by atoms with Crippen LogP contribution in [-0.2, 0) is 4.74 Å². The Morgan fingerprint density at radius 2 is 2.04 bits per heavy atom. The molecule has 1 amide bonds. The molecule has 0 saturated carbocycles. The third-order valence-electron chi connectivity index (χ3n) is 3.63. The number of nitrogens with zero attached hydrogens (tertiary/aromatic N) is 3. The van der Waals surface area contributed by atoms with Crippen LogP contribution in [0.15, 0.2) is 47.6 Å². The van der Waals surface area contributed by atoms with Gasteiger partial charge in [0.25, 0.3) is 0 Å². The Morgan fingerprint density at radius 1 is 1.28 bits per heavy atom. The van der Waals surface area contributed by atoms with E-state index in [1.54, 1.807) is 10.7 Å². The van der Waals surface area contributed by atoms with Crippen LogP contribution in [0.4, 0.5) is 4.79 Å². The maximum Gasteiger partial charge on any atom is 0.434 e. The Hall–Kier alpha value is -2.63. The summed E-state index contributed by atoms with van der Waals surface area (Å²) < 4.78 is 12.7. The SMILES string of the molecule is CCCCOc1c/c(=N\C(=O)OC(C)CC)cnn1-c1ccccc1. The smallest absolute Gasteiger partial charge is 0.434 e. The van der Waals surface area contributed by atoms with E-state index in [4.69, 9.17) is 9.47 Å². The molecule has 25 heavy (non-hydrogen) atoms. The molecule has 1 aromatic carbocycles. The number of unbranched alkanes of at least 4 members (excludes halogenated alkanes) is 1. The Morgan fingerprint density at radius 3 is 2.72 bits per heavy atom. The fraction of sp³-hybridized carbons (Fsp3) is 0.421. The first-order valence-electron chi connectivity index (χ1n) is 8.67. The molecule has 6 nitrogen and oxygen atoms in total. The Labute approximate surface area is 148 Å². The van der Waals surface area contributed by atoms with Crippen molar-refractivity contribution in [1.29, 1.82) is 0 Å². The van der Waals surface area contributed by atoms with E-state index in [1.165, 1.54) is 6.20 Å².